The number of halogens is 1. The van der Waals surface area contributed by atoms with E-state index < -0.39 is 0 Å². The second kappa shape index (κ2) is 7.88. The molecule has 4 nitrogen and oxygen atoms in total. The first-order chi connectivity index (χ1) is 11.0. The Morgan fingerprint density at radius 2 is 1.91 bits per heavy atom. The van der Waals surface area contributed by atoms with Crippen molar-refractivity contribution in [1.29, 1.82) is 0 Å². The Bertz CT molecular complexity index is 686. The fourth-order valence-corrected chi connectivity index (χ4v) is 2.27. The molecule has 2 aromatic rings. The van der Waals surface area contributed by atoms with E-state index in [1.165, 1.54) is 0 Å². The van der Waals surface area contributed by atoms with E-state index in [1.807, 2.05) is 39.0 Å². The van der Waals surface area contributed by atoms with Gasteiger partial charge in [-0.1, -0.05) is 23.7 Å². The monoisotopic (exact) mass is 333 g/mol. The number of nitrogens with one attached hydrogen (secondary N) is 1. The van der Waals surface area contributed by atoms with Gasteiger partial charge in [-0.2, -0.15) is 0 Å². The number of para-hydroxylation sites is 2. The first-order valence-corrected chi connectivity index (χ1v) is 7.88. The average Bonchev–Trinajstić information content (AvgIpc) is 2.51. The summed E-state index contributed by atoms with van der Waals surface area (Å²) < 4.78 is 11.1. The van der Waals surface area contributed by atoms with Crippen molar-refractivity contribution in [1.82, 2.24) is 0 Å². The van der Waals surface area contributed by atoms with Crippen LogP contribution in [0, 0.1) is 0 Å². The Morgan fingerprint density at radius 1 is 1.17 bits per heavy atom. The number of hydrogen-bond donors (Lipinski definition) is 1. The number of ether oxygens (including phenoxy) is 2. The van der Waals surface area contributed by atoms with Crippen LogP contribution in [0.2, 0.25) is 5.02 Å². The molecule has 2 aromatic carbocycles. The molecule has 0 saturated carbocycles. The molecule has 0 radical (unpaired) electrons. The van der Waals surface area contributed by atoms with Crippen LogP contribution in [-0.2, 0) is 0 Å². The lowest BCUT2D eigenvalue weighted by atomic mass is 10.2. The van der Waals surface area contributed by atoms with Gasteiger partial charge in [-0.3, -0.25) is 4.79 Å². The van der Waals surface area contributed by atoms with E-state index in [-0.39, 0.29) is 12.0 Å². The summed E-state index contributed by atoms with van der Waals surface area (Å²) in [5.74, 6) is 0.942. The number of benzene rings is 2. The van der Waals surface area contributed by atoms with Crippen molar-refractivity contribution in [3.63, 3.8) is 0 Å². The van der Waals surface area contributed by atoms with Crippen LogP contribution in [0.1, 0.15) is 31.1 Å². The summed E-state index contributed by atoms with van der Waals surface area (Å²) in [5.41, 5.74) is 1.08. The van der Waals surface area contributed by atoms with Gasteiger partial charge in [0.05, 0.1) is 23.4 Å². The van der Waals surface area contributed by atoms with Crippen molar-refractivity contribution < 1.29 is 14.3 Å². The van der Waals surface area contributed by atoms with Crippen LogP contribution in [0.5, 0.6) is 11.5 Å². The summed E-state index contributed by atoms with van der Waals surface area (Å²) in [6, 6.07) is 12.3. The molecule has 0 saturated heterocycles. The second-order valence-corrected chi connectivity index (χ2v) is 5.60. The number of carbonyl (C=O) groups excluding carboxylic acids is 1. The minimum Gasteiger partial charge on any atom is -0.492 e. The van der Waals surface area contributed by atoms with Gasteiger partial charge in [0.15, 0.2) is 0 Å². The Labute approximate surface area is 141 Å². The average molecular weight is 334 g/mol. The number of anilines is 1. The summed E-state index contributed by atoms with van der Waals surface area (Å²) in [6.45, 7) is 6.27. The molecule has 23 heavy (non-hydrogen) atoms. The standard InChI is InChI=1S/C18H20ClNO3/c1-4-22-16-10-9-13(11-14(16)19)18(21)20-15-7-5-6-8-17(15)23-12(2)3/h5-12H,4H2,1-3H3,(H,20,21). The Morgan fingerprint density at radius 3 is 2.57 bits per heavy atom. The smallest absolute Gasteiger partial charge is 0.255 e. The molecular weight excluding hydrogens is 314 g/mol. The molecule has 0 aromatic heterocycles. The molecule has 0 aliphatic carbocycles. The fourth-order valence-electron chi connectivity index (χ4n) is 2.04. The van der Waals surface area contributed by atoms with E-state index in [9.17, 15) is 4.79 Å². The van der Waals surface area contributed by atoms with Crippen molar-refractivity contribution in [2.75, 3.05) is 11.9 Å². The largest absolute Gasteiger partial charge is 0.492 e. The molecule has 0 bridgehead atoms. The normalized spacial score (nSPS) is 10.5. The van der Waals surface area contributed by atoms with Gasteiger partial charge >= 0.3 is 0 Å². The molecule has 0 atom stereocenters. The van der Waals surface area contributed by atoms with Gasteiger partial charge < -0.3 is 14.8 Å². The highest BCUT2D eigenvalue weighted by molar-refractivity contribution is 6.32. The predicted molar refractivity (Wildman–Crippen MR) is 92.8 cm³/mol. The molecule has 0 aliphatic rings. The van der Waals surface area contributed by atoms with Crippen LogP contribution in [0.15, 0.2) is 42.5 Å². The molecule has 0 heterocycles. The van der Waals surface area contributed by atoms with E-state index in [2.05, 4.69) is 5.32 Å². The van der Waals surface area contributed by atoms with Crippen LogP contribution in [0.3, 0.4) is 0 Å². The highest BCUT2D eigenvalue weighted by atomic mass is 35.5. The summed E-state index contributed by atoms with van der Waals surface area (Å²) >= 11 is 6.13. The van der Waals surface area contributed by atoms with Gasteiger partial charge in [-0.25, -0.2) is 0 Å². The molecule has 1 amide bonds. The zero-order valence-electron chi connectivity index (χ0n) is 13.4. The first-order valence-electron chi connectivity index (χ1n) is 7.50. The van der Waals surface area contributed by atoms with Gasteiger partial charge in [-0.05, 0) is 51.1 Å². The summed E-state index contributed by atoms with van der Waals surface area (Å²) in [5, 5.41) is 3.26. The minimum atomic E-state index is -0.255. The number of rotatable bonds is 6. The summed E-state index contributed by atoms with van der Waals surface area (Å²) in [7, 11) is 0. The van der Waals surface area contributed by atoms with Crippen LogP contribution in [0.4, 0.5) is 5.69 Å². The van der Waals surface area contributed by atoms with Gasteiger partial charge in [0.2, 0.25) is 0 Å². The maximum Gasteiger partial charge on any atom is 0.255 e. The third-order valence-electron chi connectivity index (χ3n) is 2.99. The SMILES string of the molecule is CCOc1ccc(C(=O)Nc2ccccc2OC(C)C)cc1Cl. The molecule has 0 unspecified atom stereocenters. The van der Waals surface area contributed by atoms with E-state index >= 15 is 0 Å². The molecular formula is C18H20ClNO3. The third-order valence-corrected chi connectivity index (χ3v) is 3.29. The molecule has 0 aliphatic heterocycles. The van der Waals surface area contributed by atoms with Crippen molar-refractivity contribution in [2.45, 2.75) is 26.9 Å². The van der Waals surface area contributed by atoms with Crippen LogP contribution >= 0.6 is 11.6 Å². The lowest BCUT2D eigenvalue weighted by molar-refractivity contribution is 0.102. The van der Waals surface area contributed by atoms with Crippen molar-refractivity contribution in [3.8, 4) is 11.5 Å². The molecule has 2 rings (SSSR count). The topological polar surface area (TPSA) is 47.6 Å². The van der Waals surface area contributed by atoms with Gasteiger partial charge in [0.25, 0.3) is 5.91 Å². The van der Waals surface area contributed by atoms with Crippen LogP contribution in [0.25, 0.3) is 0 Å². The highest BCUT2D eigenvalue weighted by Gasteiger charge is 2.12. The number of hydrogen-bond acceptors (Lipinski definition) is 3. The Kier molecular flexibility index (Phi) is 5.88. The number of carbonyl (C=O) groups is 1. The van der Waals surface area contributed by atoms with Crippen molar-refractivity contribution in [2.24, 2.45) is 0 Å². The zero-order chi connectivity index (χ0) is 16.8. The van der Waals surface area contributed by atoms with Gasteiger partial charge in [0, 0.05) is 5.56 Å². The molecule has 5 heteroatoms. The predicted octanol–water partition coefficient (Wildman–Crippen LogP) is 4.78. The minimum absolute atomic E-state index is 0.0213. The maximum atomic E-state index is 12.4. The molecule has 1 N–H and O–H groups in total. The highest BCUT2D eigenvalue weighted by Crippen LogP contribution is 2.28. The van der Waals surface area contributed by atoms with Crippen LogP contribution < -0.4 is 14.8 Å². The van der Waals surface area contributed by atoms with Gasteiger partial charge in [0.1, 0.15) is 11.5 Å². The third kappa shape index (κ3) is 4.63. The van der Waals surface area contributed by atoms with Crippen molar-refractivity contribution in [3.05, 3.63) is 53.1 Å². The lowest BCUT2D eigenvalue weighted by Gasteiger charge is -2.15. The van der Waals surface area contributed by atoms with Gasteiger partial charge in [-0.15, -0.1) is 0 Å². The molecule has 0 fully saturated rings. The maximum absolute atomic E-state index is 12.4. The zero-order valence-corrected chi connectivity index (χ0v) is 14.2. The molecule has 0 spiro atoms. The number of amides is 1. The van der Waals surface area contributed by atoms with E-state index in [4.69, 9.17) is 21.1 Å². The Hall–Kier alpha value is -2.20. The molecule has 122 valence electrons. The summed E-state index contributed by atoms with van der Waals surface area (Å²) in [6.07, 6.45) is 0.0213. The quantitative estimate of drug-likeness (QED) is 0.827. The fraction of sp³-hybridized carbons (Fsp3) is 0.278. The van der Waals surface area contributed by atoms with Crippen LogP contribution in [-0.4, -0.2) is 18.6 Å². The Balaban J connectivity index is 2.18. The van der Waals surface area contributed by atoms with E-state index in [0.29, 0.717) is 34.4 Å². The van der Waals surface area contributed by atoms with Crippen molar-refractivity contribution >= 4 is 23.2 Å². The summed E-state index contributed by atoms with van der Waals surface area (Å²) in [4.78, 5) is 12.4. The van der Waals surface area contributed by atoms with E-state index in [0.717, 1.165) is 0 Å². The lowest BCUT2D eigenvalue weighted by Crippen LogP contribution is -2.14. The van der Waals surface area contributed by atoms with E-state index in [1.54, 1.807) is 24.3 Å². The first kappa shape index (κ1) is 17.2. The second-order valence-electron chi connectivity index (χ2n) is 5.20.